The van der Waals surface area contributed by atoms with Gasteiger partial charge in [0.2, 0.25) is 0 Å². The third-order valence-corrected chi connectivity index (χ3v) is 4.57. The summed E-state index contributed by atoms with van der Waals surface area (Å²) >= 11 is 0. The van der Waals surface area contributed by atoms with Crippen LogP contribution >= 0.6 is 0 Å². The molecule has 0 aromatic carbocycles. The minimum Gasteiger partial charge on any atom is -0.393 e. The van der Waals surface area contributed by atoms with Crippen LogP contribution in [0.5, 0.6) is 0 Å². The Morgan fingerprint density at radius 1 is 0.720 bits per heavy atom. The quantitative estimate of drug-likeness (QED) is 0.211. The highest BCUT2D eigenvalue weighted by molar-refractivity contribution is 4.50. The topological polar surface area (TPSA) is 61.6 Å². The van der Waals surface area contributed by atoms with E-state index in [9.17, 15) is 4.91 Å². The Labute approximate surface area is 155 Å². The minimum absolute atomic E-state index is 0.0372. The lowest BCUT2D eigenvalue weighted by Crippen LogP contribution is -2.28. The summed E-state index contributed by atoms with van der Waals surface area (Å²) in [5.41, 5.74) is 2.61. The van der Waals surface area contributed by atoms with Crippen LogP contribution in [0.3, 0.4) is 0 Å². The minimum atomic E-state index is -0.139. The first-order chi connectivity index (χ1) is 12.3. The molecule has 0 heterocycles. The van der Waals surface area contributed by atoms with E-state index in [0.717, 1.165) is 12.8 Å². The van der Waals surface area contributed by atoms with Crippen molar-refractivity contribution in [2.75, 3.05) is 19.8 Å². The van der Waals surface area contributed by atoms with Gasteiger partial charge in [-0.25, -0.2) is 4.84 Å². The number of aliphatic hydroxyl groups is 1. The first-order valence-corrected chi connectivity index (χ1v) is 10.8. The number of rotatable bonds is 21. The largest absolute Gasteiger partial charge is 0.393 e. The molecule has 0 fully saturated rings. The van der Waals surface area contributed by atoms with Crippen LogP contribution in [0.4, 0.5) is 0 Å². The molecule has 0 radical (unpaired) electrons. The average Bonchev–Trinajstić information content (AvgIpc) is 2.62. The fraction of sp³-hybridized carbons (Fsp3) is 1.00. The number of hydrazine groups is 1. The standard InChI is InChI=1S/C20H43N2O3/c1-2-3-4-5-6-7-8-9-10-11-12-13-14-15-16-17-18-21-22(24)25-20-19-23/h23H,2-20H2,1H3,(H,21,24)/q+1. The second-order valence-electron chi connectivity index (χ2n) is 7.03. The van der Waals surface area contributed by atoms with Gasteiger partial charge in [-0.1, -0.05) is 103 Å². The molecule has 0 atom stereocenters. The molecule has 0 aromatic heterocycles. The molecule has 0 spiro atoms. The maximum Gasteiger partial charge on any atom is 0.357 e. The maximum atomic E-state index is 11.0. The van der Waals surface area contributed by atoms with E-state index in [1.165, 1.54) is 89.9 Å². The molecule has 5 heteroatoms. The van der Waals surface area contributed by atoms with Crippen LogP contribution < -0.4 is 5.43 Å². The summed E-state index contributed by atoms with van der Waals surface area (Å²) in [7, 11) is 0. The molecule has 2 N–H and O–H groups in total. The van der Waals surface area contributed by atoms with E-state index < -0.39 is 0 Å². The van der Waals surface area contributed by atoms with Crippen LogP contribution in [-0.2, 0) is 4.84 Å². The van der Waals surface area contributed by atoms with Crippen molar-refractivity contribution in [2.45, 2.75) is 110 Å². The molecular formula is C20H43N2O3+. The van der Waals surface area contributed by atoms with Crippen molar-refractivity contribution < 1.29 is 15.0 Å². The van der Waals surface area contributed by atoms with Gasteiger partial charge in [-0.2, -0.15) is 0 Å². The first kappa shape index (κ1) is 24.2. The van der Waals surface area contributed by atoms with Crippen LogP contribution in [0.15, 0.2) is 0 Å². The molecule has 0 aromatic rings. The van der Waals surface area contributed by atoms with E-state index in [1.54, 1.807) is 0 Å². The van der Waals surface area contributed by atoms with Gasteiger partial charge in [0.05, 0.1) is 13.2 Å². The molecule has 150 valence electrons. The zero-order valence-electron chi connectivity index (χ0n) is 16.6. The van der Waals surface area contributed by atoms with E-state index in [-0.39, 0.29) is 13.2 Å². The molecule has 0 saturated heterocycles. The molecule has 0 amide bonds. The molecule has 0 unspecified atom stereocenters. The van der Waals surface area contributed by atoms with Gasteiger partial charge in [-0.3, -0.25) is 0 Å². The molecule has 0 bridgehead atoms. The molecule has 0 aliphatic heterocycles. The number of hydrogen-bond donors (Lipinski definition) is 2. The summed E-state index contributed by atoms with van der Waals surface area (Å²) in [6.07, 6.45) is 21.5. The fourth-order valence-corrected chi connectivity index (χ4v) is 3.01. The van der Waals surface area contributed by atoms with E-state index in [4.69, 9.17) is 5.11 Å². The highest BCUT2D eigenvalue weighted by atomic mass is 16.8. The molecule has 0 aliphatic rings. The number of aliphatic hydroxyl groups excluding tert-OH is 1. The Kier molecular flexibility index (Phi) is 20.5. The van der Waals surface area contributed by atoms with Crippen molar-refractivity contribution in [3.8, 4) is 0 Å². The van der Waals surface area contributed by atoms with Crippen molar-refractivity contribution in [3.63, 3.8) is 0 Å². The third kappa shape index (κ3) is 21.1. The Balaban J connectivity index is 3.04. The van der Waals surface area contributed by atoms with Gasteiger partial charge < -0.3 is 5.11 Å². The lowest BCUT2D eigenvalue weighted by atomic mass is 10.0. The monoisotopic (exact) mass is 359 g/mol. The predicted molar refractivity (Wildman–Crippen MR) is 104 cm³/mol. The van der Waals surface area contributed by atoms with Gasteiger partial charge in [0, 0.05) is 0 Å². The predicted octanol–water partition coefficient (Wildman–Crippen LogP) is 5.46. The summed E-state index contributed by atoms with van der Waals surface area (Å²) in [6, 6.07) is 0. The summed E-state index contributed by atoms with van der Waals surface area (Å²) in [5.74, 6) is 0. The molecular weight excluding hydrogens is 316 g/mol. The summed E-state index contributed by atoms with van der Waals surface area (Å²) in [4.78, 5) is 15.7. The lowest BCUT2D eigenvalue weighted by molar-refractivity contribution is -0.843. The zero-order valence-corrected chi connectivity index (χ0v) is 16.6. The molecule has 0 aliphatic carbocycles. The SMILES string of the molecule is CCCCCCCCCCCCCCCCCCN[N+](=O)OCCO. The second kappa shape index (κ2) is 21.2. The van der Waals surface area contributed by atoms with Crippen LogP contribution in [0.2, 0.25) is 0 Å². The van der Waals surface area contributed by atoms with E-state index in [1.807, 2.05) is 0 Å². The second-order valence-corrected chi connectivity index (χ2v) is 7.03. The van der Waals surface area contributed by atoms with Crippen molar-refractivity contribution >= 4 is 0 Å². The van der Waals surface area contributed by atoms with Crippen LogP contribution in [0.1, 0.15) is 110 Å². The summed E-state index contributed by atoms with van der Waals surface area (Å²) in [6.45, 7) is 2.80. The lowest BCUT2D eigenvalue weighted by Gasteiger charge is -2.03. The fourth-order valence-electron chi connectivity index (χ4n) is 3.01. The van der Waals surface area contributed by atoms with Gasteiger partial charge in [0.25, 0.3) is 0 Å². The van der Waals surface area contributed by atoms with Crippen molar-refractivity contribution in [1.29, 1.82) is 0 Å². The average molecular weight is 360 g/mol. The van der Waals surface area contributed by atoms with Gasteiger partial charge >= 0.3 is 5.03 Å². The molecule has 0 rings (SSSR count). The van der Waals surface area contributed by atoms with Crippen molar-refractivity contribution in [1.82, 2.24) is 5.43 Å². The highest BCUT2D eigenvalue weighted by Crippen LogP contribution is 2.13. The van der Waals surface area contributed by atoms with Gasteiger partial charge in [0.1, 0.15) is 4.91 Å². The van der Waals surface area contributed by atoms with Crippen LogP contribution in [0, 0.1) is 4.91 Å². The van der Waals surface area contributed by atoms with Gasteiger partial charge in [-0.15, -0.1) is 5.43 Å². The smallest absolute Gasteiger partial charge is 0.357 e. The molecule has 25 heavy (non-hydrogen) atoms. The Morgan fingerprint density at radius 3 is 1.52 bits per heavy atom. The van der Waals surface area contributed by atoms with E-state index >= 15 is 0 Å². The number of nitrogens with zero attached hydrogens (tertiary/aromatic N) is 1. The maximum absolute atomic E-state index is 11.0. The first-order valence-electron chi connectivity index (χ1n) is 10.8. The molecule has 0 saturated carbocycles. The Morgan fingerprint density at radius 2 is 1.12 bits per heavy atom. The number of nitrogens with one attached hydrogen (secondary N) is 1. The van der Waals surface area contributed by atoms with Gasteiger partial charge in [-0.05, 0) is 6.42 Å². The Bertz CT molecular complexity index is 276. The Hall–Kier alpha value is -0.840. The normalized spacial score (nSPS) is 10.8. The molecule has 5 nitrogen and oxygen atoms in total. The third-order valence-electron chi connectivity index (χ3n) is 4.57. The summed E-state index contributed by atoms with van der Waals surface area (Å²) in [5, 5.41) is 8.87. The van der Waals surface area contributed by atoms with E-state index in [2.05, 4.69) is 17.2 Å². The zero-order chi connectivity index (χ0) is 18.4. The summed E-state index contributed by atoms with van der Waals surface area (Å²) < 4.78 is 0. The number of hydrogen-bond acceptors (Lipinski definition) is 3. The van der Waals surface area contributed by atoms with Gasteiger partial charge in [0.15, 0.2) is 6.61 Å². The van der Waals surface area contributed by atoms with Crippen LogP contribution in [-0.4, -0.2) is 29.9 Å². The van der Waals surface area contributed by atoms with Crippen molar-refractivity contribution in [2.24, 2.45) is 0 Å². The van der Waals surface area contributed by atoms with Crippen LogP contribution in [0.25, 0.3) is 0 Å². The number of unbranched alkanes of at least 4 members (excludes halogenated alkanes) is 15. The van der Waals surface area contributed by atoms with E-state index in [0.29, 0.717) is 11.6 Å². The van der Waals surface area contributed by atoms with Crippen molar-refractivity contribution in [3.05, 3.63) is 4.91 Å². The highest BCUT2D eigenvalue weighted by Gasteiger charge is 2.06.